The number of carboxylic acids is 1. The number of hydrogen-bond donors (Lipinski definition) is 3. The van der Waals surface area contributed by atoms with E-state index < -0.39 is 48.0 Å². The molecule has 0 aliphatic carbocycles. The van der Waals surface area contributed by atoms with Crippen molar-refractivity contribution in [1.29, 1.82) is 0 Å². The van der Waals surface area contributed by atoms with Crippen molar-refractivity contribution in [3.63, 3.8) is 0 Å². The van der Waals surface area contributed by atoms with Crippen LogP contribution in [-0.2, 0) is 30.3 Å². The lowest BCUT2D eigenvalue weighted by molar-refractivity contribution is -0.149. The molecule has 2 aromatic rings. The molecule has 2 heterocycles. The summed E-state index contributed by atoms with van der Waals surface area (Å²) in [5, 5.41) is 16.0. The number of likely N-dealkylation sites (N-methyl/N-ethyl adjacent to an activating group) is 2. The third kappa shape index (κ3) is 11.8. The molecule has 13 heteroatoms. The molecule has 0 bridgehead atoms. The number of piperidine rings is 1. The number of hydrogen-bond acceptors (Lipinski definition) is 9. The maximum absolute atomic E-state index is 14.1. The van der Waals surface area contributed by atoms with Gasteiger partial charge in [0.1, 0.15) is 16.7 Å². The molecule has 3 amide bonds. The number of benzene rings is 1. The molecule has 0 radical (unpaired) electrons. The second-order valence-corrected chi connectivity index (χ2v) is 15.8. The number of esters is 1. The molecule has 0 unspecified atom stereocenters. The molecule has 1 aromatic carbocycles. The molecule has 3 N–H and O–H groups in total. The number of amides is 3. The van der Waals surface area contributed by atoms with Crippen LogP contribution in [0.25, 0.3) is 0 Å². The fraction of sp³-hybridized carbons (Fsp3) is 0.632. The minimum absolute atomic E-state index is 0.0520. The zero-order valence-electron chi connectivity index (χ0n) is 31.6. The Morgan fingerprint density at radius 2 is 1.69 bits per heavy atom. The Morgan fingerprint density at radius 3 is 2.25 bits per heavy atom. The van der Waals surface area contributed by atoms with Crippen molar-refractivity contribution in [2.75, 3.05) is 20.6 Å². The molecule has 1 fully saturated rings. The van der Waals surface area contributed by atoms with Gasteiger partial charge in [0.2, 0.25) is 11.8 Å². The third-order valence-corrected chi connectivity index (χ3v) is 10.8. The van der Waals surface area contributed by atoms with Crippen LogP contribution in [0.1, 0.15) is 106 Å². The summed E-state index contributed by atoms with van der Waals surface area (Å²) < 4.78 is 5.80. The number of nitrogens with zero attached hydrogens (tertiary/aromatic N) is 3. The van der Waals surface area contributed by atoms with Gasteiger partial charge in [-0.2, -0.15) is 0 Å². The van der Waals surface area contributed by atoms with E-state index in [2.05, 4.69) is 15.6 Å². The lowest BCUT2D eigenvalue weighted by Gasteiger charge is -2.37. The van der Waals surface area contributed by atoms with Gasteiger partial charge in [0.15, 0.2) is 6.10 Å². The summed E-state index contributed by atoms with van der Waals surface area (Å²) >= 11 is 1.24. The average molecular weight is 728 g/mol. The van der Waals surface area contributed by atoms with Crippen LogP contribution < -0.4 is 10.6 Å². The smallest absolute Gasteiger partial charge is 0.306 e. The van der Waals surface area contributed by atoms with E-state index in [4.69, 9.17) is 4.74 Å². The highest BCUT2D eigenvalue weighted by atomic mass is 32.1. The van der Waals surface area contributed by atoms with E-state index in [9.17, 15) is 29.1 Å². The summed E-state index contributed by atoms with van der Waals surface area (Å²) in [6, 6.07) is 7.67. The van der Waals surface area contributed by atoms with Crippen LogP contribution in [0.4, 0.5) is 0 Å². The van der Waals surface area contributed by atoms with Crippen molar-refractivity contribution in [2.45, 2.75) is 117 Å². The van der Waals surface area contributed by atoms with Crippen molar-refractivity contribution in [1.82, 2.24) is 25.4 Å². The van der Waals surface area contributed by atoms with Gasteiger partial charge in [0, 0.05) is 37.4 Å². The summed E-state index contributed by atoms with van der Waals surface area (Å²) in [4.78, 5) is 74.0. The highest BCUT2D eigenvalue weighted by molar-refractivity contribution is 7.12. The number of thiazole rings is 1. The standard InChI is InChI=1S/C38H57N5O7S/c1-22(2)30(43(9)37(47)32(23(3)4)40-34(45)29-17-13-14-18-42(29)8)21-31(50-26(7)44)36-41-33(25(6)51-36)35(46)39-28(19-24(5)38(48)49)20-27-15-11-10-12-16-27/h10-12,15-16,22-24,28-32H,13-14,17-21H2,1-9H3,(H,39,46)(H,40,45)(H,48,49)/t24-,28+,29+,30+,31+,32-/m0/s1. The number of carboxylic acid groups (broad SMARTS) is 1. The van der Waals surface area contributed by atoms with Crippen LogP contribution in [0, 0.1) is 24.7 Å². The second kappa shape index (κ2) is 19.1. The van der Waals surface area contributed by atoms with Gasteiger partial charge in [-0.1, -0.05) is 71.4 Å². The topological polar surface area (TPSA) is 158 Å². The van der Waals surface area contributed by atoms with Crippen molar-refractivity contribution < 1.29 is 33.8 Å². The van der Waals surface area contributed by atoms with Crippen LogP contribution in [0.3, 0.4) is 0 Å². The monoisotopic (exact) mass is 727 g/mol. The minimum Gasteiger partial charge on any atom is -0.481 e. The molecule has 51 heavy (non-hydrogen) atoms. The number of carbonyl (C=O) groups excluding carboxylic acids is 4. The molecule has 12 nitrogen and oxygen atoms in total. The number of aliphatic carboxylic acids is 1. The zero-order chi connectivity index (χ0) is 38.0. The number of nitrogens with one attached hydrogen (secondary N) is 2. The quantitative estimate of drug-likeness (QED) is 0.191. The fourth-order valence-electron chi connectivity index (χ4n) is 6.69. The minimum atomic E-state index is -0.944. The van der Waals surface area contributed by atoms with Gasteiger partial charge in [-0.25, -0.2) is 4.98 Å². The number of ether oxygens (including phenoxy) is 1. The van der Waals surface area contributed by atoms with Gasteiger partial charge in [-0.05, 0) is 63.6 Å². The summed E-state index contributed by atoms with van der Waals surface area (Å²) in [5.41, 5.74) is 1.14. The van der Waals surface area contributed by atoms with Crippen molar-refractivity contribution in [2.24, 2.45) is 17.8 Å². The molecule has 282 valence electrons. The first kappa shape index (κ1) is 41.6. The van der Waals surface area contributed by atoms with Crippen LogP contribution in [0.15, 0.2) is 30.3 Å². The summed E-state index contributed by atoms with van der Waals surface area (Å²) in [7, 11) is 3.65. The van der Waals surface area contributed by atoms with E-state index in [0.717, 1.165) is 31.4 Å². The predicted molar refractivity (Wildman–Crippen MR) is 197 cm³/mol. The number of carbonyl (C=O) groups is 5. The Bertz CT molecular complexity index is 1500. The maximum Gasteiger partial charge on any atom is 0.306 e. The van der Waals surface area contributed by atoms with Gasteiger partial charge in [-0.15, -0.1) is 11.3 Å². The van der Waals surface area contributed by atoms with E-state index >= 15 is 0 Å². The van der Waals surface area contributed by atoms with Crippen molar-refractivity contribution in [3.8, 4) is 0 Å². The first-order valence-electron chi connectivity index (χ1n) is 18.0. The fourth-order valence-corrected chi connectivity index (χ4v) is 7.65. The van der Waals surface area contributed by atoms with Crippen molar-refractivity contribution >= 4 is 41.0 Å². The highest BCUT2D eigenvalue weighted by Gasteiger charge is 2.37. The van der Waals surface area contributed by atoms with Gasteiger partial charge in [0.05, 0.1) is 12.0 Å². The van der Waals surface area contributed by atoms with Gasteiger partial charge < -0.3 is 25.4 Å². The van der Waals surface area contributed by atoms with E-state index in [1.807, 2.05) is 70.0 Å². The zero-order valence-corrected chi connectivity index (χ0v) is 32.4. The number of rotatable bonds is 17. The SMILES string of the molecule is CC(=O)O[C@H](C[C@H](C(C)C)N(C)C(=O)[C@@H](NC(=O)[C@H]1CCCCN1C)C(C)C)c1nc(C(=O)N[C@@H](Cc2ccccc2)C[C@H](C)C(=O)O)c(C)s1. The lowest BCUT2D eigenvalue weighted by atomic mass is 9.94. The van der Waals surface area contributed by atoms with Crippen LogP contribution in [0.2, 0.25) is 0 Å². The highest BCUT2D eigenvalue weighted by Crippen LogP contribution is 2.33. The Balaban J connectivity index is 1.83. The molecule has 3 rings (SSSR count). The molecular weight excluding hydrogens is 671 g/mol. The van der Waals surface area contributed by atoms with Gasteiger partial charge in [-0.3, -0.25) is 28.9 Å². The first-order valence-corrected chi connectivity index (χ1v) is 18.8. The molecular formula is C38H57N5O7S. The van der Waals surface area contributed by atoms with Gasteiger partial charge in [0.25, 0.3) is 5.91 Å². The van der Waals surface area contributed by atoms with E-state index in [-0.39, 0.29) is 48.2 Å². The number of aromatic nitrogens is 1. The Kier molecular flexibility index (Phi) is 15.6. The molecule has 0 saturated carbocycles. The molecule has 1 saturated heterocycles. The van der Waals surface area contributed by atoms with Crippen LogP contribution in [0.5, 0.6) is 0 Å². The largest absolute Gasteiger partial charge is 0.481 e. The van der Waals surface area contributed by atoms with Crippen molar-refractivity contribution in [3.05, 3.63) is 51.5 Å². The summed E-state index contributed by atoms with van der Waals surface area (Å²) in [5.74, 6) is -3.18. The Labute approximate surface area is 306 Å². The van der Waals surface area contributed by atoms with E-state index in [1.165, 1.54) is 18.3 Å². The maximum atomic E-state index is 14.1. The number of aryl methyl sites for hydroxylation is 1. The van der Waals surface area contributed by atoms with Crippen LogP contribution in [-0.4, -0.2) is 94.4 Å². The molecule has 6 atom stereocenters. The summed E-state index contributed by atoms with van der Waals surface area (Å²) in [6.45, 7) is 13.3. The molecule has 1 aliphatic rings. The summed E-state index contributed by atoms with van der Waals surface area (Å²) in [6.07, 6.45) is 2.82. The Morgan fingerprint density at radius 1 is 1.02 bits per heavy atom. The predicted octanol–water partition coefficient (Wildman–Crippen LogP) is 5.01. The normalized spacial score (nSPS) is 18.0. The van der Waals surface area contributed by atoms with Crippen LogP contribution >= 0.6 is 11.3 Å². The molecule has 0 spiro atoms. The second-order valence-electron chi connectivity index (χ2n) is 14.6. The van der Waals surface area contributed by atoms with E-state index in [0.29, 0.717) is 16.3 Å². The first-order chi connectivity index (χ1) is 24.0. The molecule has 1 aliphatic heterocycles. The van der Waals surface area contributed by atoms with E-state index in [1.54, 1.807) is 25.8 Å². The molecule has 1 aromatic heterocycles. The third-order valence-electron chi connectivity index (χ3n) is 9.71. The Hall–Kier alpha value is -3.84. The van der Waals surface area contributed by atoms with Gasteiger partial charge >= 0.3 is 11.9 Å². The lowest BCUT2D eigenvalue weighted by Crippen LogP contribution is -2.57. The number of likely N-dealkylation sites (tertiary alicyclic amines) is 1. The average Bonchev–Trinajstić information content (AvgIpc) is 3.46.